The van der Waals surface area contributed by atoms with Crippen molar-refractivity contribution in [1.29, 1.82) is 0 Å². The molecule has 0 N–H and O–H groups in total. The van der Waals surface area contributed by atoms with E-state index in [1.807, 2.05) is 0 Å². The SMILES string of the molecule is CCCCCCCCCCCCCCCCCCCCCC[N+](C)(C)C.CCCCCCCCCCCCCCCCCC[N+](C)(C)Cc1ccccc1.[Cl-].[Cl-]. The summed E-state index contributed by atoms with van der Waals surface area (Å²) >= 11 is 0. The zero-order chi connectivity index (χ0) is 39.7. The van der Waals surface area contributed by atoms with Crippen LogP contribution in [0.2, 0.25) is 0 Å². The largest absolute Gasteiger partial charge is 1.00 e. The number of unbranched alkanes of at least 4 members (excludes halogenated alkanes) is 34. The highest BCUT2D eigenvalue weighted by atomic mass is 35.5. The summed E-state index contributed by atoms with van der Waals surface area (Å²) < 4.78 is 2.24. The highest BCUT2D eigenvalue weighted by Gasteiger charge is 2.15. The summed E-state index contributed by atoms with van der Waals surface area (Å²) in [7, 11) is 11.7. The monoisotopic (exact) mass is 827 g/mol. The highest BCUT2D eigenvalue weighted by Crippen LogP contribution is 2.17. The van der Waals surface area contributed by atoms with Gasteiger partial charge in [-0.15, -0.1) is 0 Å². The fourth-order valence-corrected chi connectivity index (χ4v) is 8.09. The summed E-state index contributed by atoms with van der Waals surface area (Å²) in [4.78, 5) is 0. The summed E-state index contributed by atoms with van der Waals surface area (Å²) in [6.07, 6.45) is 52.5. The second kappa shape index (κ2) is 45.8. The van der Waals surface area contributed by atoms with Gasteiger partial charge < -0.3 is 33.8 Å². The molecule has 0 aliphatic rings. The molecule has 0 saturated heterocycles. The predicted molar refractivity (Wildman–Crippen MR) is 248 cm³/mol. The third-order valence-electron chi connectivity index (χ3n) is 11.8. The molecule has 1 aromatic rings. The number of halogens is 2. The Bertz CT molecular complexity index is 837. The van der Waals surface area contributed by atoms with Crippen molar-refractivity contribution < 1.29 is 33.8 Å². The smallest absolute Gasteiger partial charge is 0.104 e. The van der Waals surface area contributed by atoms with Gasteiger partial charge in [-0.2, -0.15) is 0 Å². The van der Waals surface area contributed by atoms with Gasteiger partial charge in [0.2, 0.25) is 0 Å². The van der Waals surface area contributed by atoms with Crippen LogP contribution in [0, 0.1) is 0 Å². The van der Waals surface area contributed by atoms with Gasteiger partial charge in [0.05, 0.1) is 48.3 Å². The lowest BCUT2D eigenvalue weighted by atomic mass is 10.0. The van der Waals surface area contributed by atoms with E-state index in [0.29, 0.717) is 0 Å². The predicted octanol–water partition coefficient (Wildman–Crippen LogP) is 11.0. The molecule has 0 unspecified atom stereocenters. The maximum atomic E-state index is 2.37. The molecule has 0 aromatic heterocycles. The van der Waals surface area contributed by atoms with Gasteiger partial charge >= 0.3 is 0 Å². The van der Waals surface area contributed by atoms with Gasteiger partial charge in [-0.1, -0.05) is 250 Å². The van der Waals surface area contributed by atoms with Crippen LogP contribution in [-0.4, -0.2) is 57.3 Å². The summed E-state index contributed by atoms with van der Waals surface area (Å²) in [5, 5.41) is 0. The molecule has 0 aliphatic carbocycles. The van der Waals surface area contributed by atoms with Gasteiger partial charge in [-0.3, -0.25) is 0 Å². The topological polar surface area (TPSA) is 0 Å². The van der Waals surface area contributed by atoms with E-state index in [2.05, 4.69) is 79.4 Å². The molecule has 0 fully saturated rings. The highest BCUT2D eigenvalue weighted by molar-refractivity contribution is 5.13. The quantitative estimate of drug-likeness (QED) is 0.0457. The average Bonchev–Trinajstić information content (AvgIpc) is 3.14. The Hall–Kier alpha value is -0.280. The summed E-state index contributed by atoms with van der Waals surface area (Å²) in [5.74, 6) is 0. The maximum absolute atomic E-state index is 2.37. The van der Waals surface area contributed by atoms with E-state index in [-0.39, 0.29) is 24.8 Å². The van der Waals surface area contributed by atoms with Crippen molar-refractivity contribution in [2.45, 2.75) is 252 Å². The first-order valence-electron chi connectivity index (χ1n) is 24.9. The third kappa shape index (κ3) is 49.9. The van der Waals surface area contributed by atoms with Crippen molar-refractivity contribution in [2.24, 2.45) is 0 Å². The van der Waals surface area contributed by atoms with Crippen LogP contribution in [0.25, 0.3) is 0 Å². The van der Waals surface area contributed by atoms with Gasteiger partial charge in [-0.25, -0.2) is 0 Å². The van der Waals surface area contributed by atoms with Crippen LogP contribution in [0.15, 0.2) is 30.3 Å². The number of hydrogen-bond donors (Lipinski definition) is 0. The molecular weight excluding hydrogens is 723 g/mol. The lowest BCUT2D eigenvalue weighted by Gasteiger charge is -2.30. The molecule has 0 amide bonds. The minimum atomic E-state index is 0. The number of rotatable bonds is 40. The third-order valence-corrected chi connectivity index (χ3v) is 11.8. The molecule has 1 aromatic carbocycles. The Morgan fingerprint density at radius 2 is 0.536 bits per heavy atom. The van der Waals surface area contributed by atoms with Gasteiger partial charge in [0.25, 0.3) is 0 Å². The molecule has 0 spiro atoms. The Morgan fingerprint density at radius 3 is 0.786 bits per heavy atom. The Kier molecular flexibility index (Phi) is 49.1. The molecule has 4 heteroatoms. The van der Waals surface area contributed by atoms with Crippen LogP contribution >= 0.6 is 0 Å². The second-order valence-corrected chi connectivity index (χ2v) is 19.3. The first kappa shape index (κ1) is 60.0. The van der Waals surface area contributed by atoms with E-state index in [9.17, 15) is 0 Å². The van der Waals surface area contributed by atoms with E-state index in [0.717, 1.165) is 15.5 Å². The molecule has 0 saturated carbocycles. The van der Waals surface area contributed by atoms with E-state index in [1.165, 1.54) is 250 Å². The van der Waals surface area contributed by atoms with Gasteiger partial charge in [0.1, 0.15) is 6.54 Å². The normalized spacial score (nSPS) is 11.5. The van der Waals surface area contributed by atoms with Crippen molar-refractivity contribution in [2.75, 3.05) is 48.3 Å². The van der Waals surface area contributed by atoms with Crippen molar-refractivity contribution >= 4 is 0 Å². The molecule has 0 aliphatic heterocycles. The molecule has 0 radical (unpaired) electrons. The zero-order valence-electron chi connectivity index (χ0n) is 39.6. The fourth-order valence-electron chi connectivity index (χ4n) is 8.09. The standard InChI is InChI=1S/C27H50N.C25H54N.2ClH/c1-4-5-6-7-8-9-10-11-12-13-14-15-16-17-18-22-25-28(2,3)26-27-23-20-19-21-24-27;1-5-6-7-8-9-10-11-12-13-14-15-16-17-18-19-20-21-22-23-24-25-26(2,3)4;;/h19-21,23-24H,4-18,22,25-26H2,1-3H3;5-25H2,1-4H3;2*1H/q2*+1;;/p-2. The maximum Gasteiger partial charge on any atom is 0.104 e. The van der Waals surface area contributed by atoms with Crippen LogP contribution in [0.4, 0.5) is 0 Å². The molecule has 56 heavy (non-hydrogen) atoms. The van der Waals surface area contributed by atoms with Gasteiger partial charge in [-0.05, 0) is 25.7 Å². The summed E-state index contributed by atoms with van der Waals surface area (Å²) in [6, 6.07) is 10.9. The average molecular weight is 828 g/mol. The molecule has 0 atom stereocenters. The molecule has 0 heterocycles. The van der Waals surface area contributed by atoms with Crippen molar-refractivity contribution in [1.82, 2.24) is 0 Å². The number of benzene rings is 1. The van der Waals surface area contributed by atoms with E-state index >= 15 is 0 Å². The first-order valence-corrected chi connectivity index (χ1v) is 24.9. The number of hydrogen-bond acceptors (Lipinski definition) is 0. The second-order valence-electron chi connectivity index (χ2n) is 19.3. The molecule has 0 bridgehead atoms. The van der Waals surface area contributed by atoms with Crippen molar-refractivity contribution in [3.8, 4) is 0 Å². The molecule has 1 rings (SSSR count). The Morgan fingerprint density at radius 1 is 0.304 bits per heavy atom. The van der Waals surface area contributed by atoms with Crippen molar-refractivity contribution in [3.05, 3.63) is 35.9 Å². The van der Waals surface area contributed by atoms with Crippen LogP contribution in [0.1, 0.15) is 251 Å². The fraction of sp³-hybridized carbons (Fsp3) is 0.885. The molecule has 336 valence electrons. The molecule has 2 nitrogen and oxygen atoms in total. The van der Waals surface area contributed by atoms with E-state index in [4.69, 9.17) is 0 Å². The lowest BCUT2D eigenvalue weighted by Crippen LogP contribution is -3.00. The van der Waals surface area contributed by atoms with E-state index < -0.39 is 0 Å². The minimum Gasteiger partial charge on any atom is -1.00 e. The Labute approximate surface area is 367 Å². The Balaban J connectivity index is -0.000000972. The number of nitrogens with zero attached hydrogens (tertiary/aromatic N) is 2. The van der Waals surface area contributed by atoms with Gasteiger partial charge in [0.15, 0.2) is 0 Å². The van der Waals surface area contributed by atoms with Crippen molar-refractivity contribution in [3.63, 3.8) is 0 Å². The van der Waals surface area contributed by atoms with E-state index in [1.54, 1.807) is 0 Å². The van der Waals surface area contributed by atoms with Crippen LogP contribution in [0.5, 0.6) is 0 Å². The number of quaternary nitrogens is 2. The van der Waals surface area contributed by atoms with Crippen LogP contribution in [0.3, 0.4) is 0 Å². The van der Waals surface area contributed by atoms with Gasteiger partial charge in [0, 0.05) is 5.56 Å². The summed E-state index contributed by atoms with van der Waals surface area (Å²) in [6.45, 7) is 8.38. The zero-order valence-corrected chi connectivity index (χ0v) is 41.1. The first-order chi connectivity index (χ1) is 26.2. The minimum absolute atomic E-state index is 0. The van der Waals surface area contributed by atoms with Crippen LogP contribution < -0.4 is 24.8 Å². The van der Waals surface area contributed by atoms with Crippen LogP contribution in [-0.2, 0) is 6.54 Å². The molecular formula is C52H104Cl2N2. The summed E-state index contributed by atoms with van der Waals surface area (Å²) in [5.41, 5.74) is 1.46. The lowest BCUT2D eigenvalue weighted by molar-refractivity contribution is -0.903.